The van der Waals surface area contributed by atoms with Crippen molar-refractivity contribution in [1.29, 1.82) is 0 Å². The maximum atomic E-state index is 11.3. The van der Waals surface area contributed by atoms with Gasteiger partial charge in [0.05, 0.1) is 5.56 Å². The number of nitrogens with zero attached hydrogens (tertiary/aromatic N) is 2. The monoisotopic (exact) mass is 248 g/mol. The van der Waals surface area contributed by atoms with Crippen LogP contribution in [0.2, 0.25) is 0 Å². The second-order valence-electron chi connectivity index (χ2n) is 4.91. The summed E-state index contributed by atoms with van der Waals surface area (Å²) < 4.78 is 0. The fraction of sp³-hybridized carbons (Fsp3) is 0.462. The molecule has 0 saturated carbocycles. The molecule has 4 N–H and O–H groups in total. The number of piperazine rings is 1. The van der Waals surface area contributed by atoms with Gasteiger partial charge in [0.2, 0.25) is 0 Å². The minimum absolute atomic E-state index is 0.402. The number of nitrogens with two attached hydrogens (primary N) is 2. The van der Waals surface area contributed by atoms with Crippen LogP contribution in [-0.2, 0) is 0 Å². The van der Waals surface area contributed by atoms with Gasteiger partial charge in [0, 0.05) is 37.1 Å². The largest absolute Gasteiger partial charge is 0.398 e. The van der Waals surface area contributed by atoms with Crippen LogP contribution < -0.4 is 16.4 Å². The minimum Gasteiger partial charge on any atom is -0.398 e. The topological polar surface area (TPSA) is 75.6 Å². The molecule has 2 rings (SSSR count). The van der Waals surface area contributed by atoms with Crippen LogP contribution in [0.25, 0.3) is 0 Å². The Morgan fingerprint density at radius 2 is 2.11 bits per heavy atom. The van der Waals surface area contributed by atoms with Crippen LogP contribution in [0.1, 0.15) is 17.3 Å². The second kappa shape index (κ2) is 4.86. The highest BCUT2D eigenvalue weighted by Crippen LogP contribution is 2.23. The third-order valence-corrected chi connectivity index (χ3v) is 3.63. The molecule has 1 aromatic rings. The van der Waals surface area contributed by atoms with Crippen LogP contribution in [0, 0.1) is 0 Å². The number of hydrogen-bond donors (Lipinski definition) is 2. The average Bonchev–Trinajstić information content (AvgIpc) is 2.33. The quantitative estimate of drug-likeness (QED) is 0.748. The number of primary amides is 1. The molecule has 1 amide bonds. The number of benzene rings is 1. The lowest BCUT2D eigenvalue weighted by atomic mass is 10.1. The summed E-state index contributed by atoms with van der Waals surface area (Å²) in [6.07, 6.45) is 0. The maximum absolute atomic E-state index is 11.3. The summed E-state index contributed by atoms with van der Waals surface area (Å²) >= 11 is 0. The Morgan fingerprint density at radius 1 is 1.39 bits per heavy atom. The molecule has 1 aliphatic heterocycles. The van der Waals surface area contributed by atoms with Gasteiger partial charge in [0.25, 0.3) is 5.91 Å². The summed E-state index contributed by atoms with van der Waals surface area (Å²) in [6, 6.07) is 5.97. The number of rotatable bonds is 2. The molecule has 1 aliphatic rings. The molecule has 1 saturated heterocycles. The Morgan fingerprint density at radius 3 is 2.72 bits per heavy atom. The molecule has 1 atom stereocenters. The summed E-state index contributed by atoms with van der Waals surface area (Å²) in [5, 5.41) is 0. The summed E-state index contributed by atoms with van der Waals surface area (Å²) in [4.78, 5) is 15.9. The molecular weight excluding hydrogens is 228 g/mol. The molecule has 98 valence electrons. The first-order valence-corrected chi connectivity index (χ1v) is 6.13. The first-order chi connectivity index (χ1) is 8.49. The number of carbonyl (C=O) groups excluding carboxylic acids is 1. The van der Waals surface area contributed by atoms with Gasteiger partial charge in [-0.3, -0.25) is 4.79 Å². The van der Waals surface area contributed by atoms with Gasteiger partial charge in [-0.15, -0.1) is 0 Å². The second-order valence-corrected chi connectivity index (χ2v) is 4.91. The molecule has 0 bridgehead atoms. The van der Waals surface area contributed by atoms with E-state index < -0.39 is 5.91 Å². The van der Waals surface area contributed by atoms with E-state index in [1.165, 1.54) is 0 Å². The lowest BCUT2D eigenvalue weighted by Crippen LogP contribution is -2.50. The molecule has 1 heterocycles. The Kier molecular flexibility index (Phi) is 3.43. The molecule has 1 aromatic carbocycles. The van der Waals surface area contributed by atoms with Gasteiger partial charge >= 0.3 is 0 Å². The highest BCUT2D eigenvalue weighted by Gasteiger charge is 2.21. The Bertz CT molecular complexity index is 460. The SMILES string of the molecule is CC1CN(c2ccc(N)c(C(N)=O)c2)CCN1C. The molecule has 0 aromatic heterocycles. The van der Waals surface area contributed by atoms with Crippen molar-refractivity contribution in [2.45, 2.75) is 13.0 Å². The van der Waals surface area contributed by atoms with Crippen LogP contribution in [0.15, 0.2) is 18.2 Å². The van der Waals surface area contributed by atoms with Crippen molar-refractivity contribution in [3.05, 3.63) is 23.8 Å². The molecule has 1 fully saturated rings. The van der Waals surface area contributed by atoms with Crippen molar-refractivity contribution >= 4 is 17.3 Å². The number of likely N-dealkylation sites (N-methyl/N-ethyl adjacent to an activating group) is 1. The van der Waals surface area contributed by atoms with Crippen LogP contribution >= 0.6 is 0 Å². The van der Waals surface area contributed by atoms with Gasteiger partial charge in [-0.05, 0) is 32.2 Å². The van der Waals surface area contributed by atoms with E-state index in [0.717, 1.165) is 25.3 Å². The Labute approximate surface area is 107 Å². The van der Waals surface area contributed by atoms with Crippen molar-refractivity contribution in [3.8, 4) is 0 Å². The van der Waals surface area contributed by atoms with Gasteiger partial charge in [-0.1, -0.05) is 0 Å². The van der Waals surface area contributed by atoms with E-state index in [-0.39, 0.29) is 0 Å². The molecule has 1 unspecified atom stereocenters. The predicted molar refractivity (Wildman–Crippen MR) is 73.7 cm³/mol. The van der Waals surface area contributed by atoms with Crippen LogP contribution in [-0.4, -0.2) is 43.5 Å². The van der Waals surface area contributed by atoms with Crippen LogP contribution in [0.4, 0.5) is 11.4 Å². The molecule has 0 aliphatic carbocycles. The van der Waals surface area contributed by atoms with E-state index in [1.807, 2.05) is 6.07 Å². The van der Waals surface area contributed by atoms with Crippen molar-refractivity contribution in [1.82, 2.24) is 4.90 Å². The van der Waals surface area contributed by atoms with E-state index >= 15 is 0 Å². The molecule has 0 radical (unpaired) electrons. The molecule has 0 spiro atoms. The van der Waals surface area contributed by atoms with Crippen molar-refractivity contribution in [2.75, 3.05) is 37.3 Å². The summed E-state index contributed by atoms with van der Waals surface area (Å²) in [6.45, 7) is 5.09. The normalized spacial score (nSPS) is 21.0. The fourth-order valence-electron chi connectivity index (χ4n) is 2.24. The van der Waals surface area contributed by atoms with Crippen LogP contribution in [0.3, 0.4) is 0 Å². The number of carbonyl (C=O) groups is 1. The molecule has 5 heteroatoms. The zero-order chi connectivity index (χ0) is 13.3. The van der Waals surface area contributed by atoms with E-state index in [2.05, 4.69) is 23.8 Å². The van der Waals surface area contributed by atoms with Gasteiger partial charge in [0.15, 0.2) is 0 Å². The number of amides is 1. The van der Waals surface area contributed by atoms with Crippen molar-refractivity contribution in [3.63, 3.8) is 0 Å². The highest BCUT2D eigenvalue weighted by molar-refractivity contribution is 5.99. The van der Waals surface area contributed by atoms with Crippen molar-refractivity contribution in [2.24, 2.45) is 5.73 Å². The summed E-state index contributed by atoms with van der Waals surface area (Å²) in [5.74, 6) is -0.475. The Hall–Kier alpha value is -1.75. The average molecular weight is 248 g/mol. The van der Waals surface area contributed by atoms with Crippen molar-refractivity contribution < 1.29 is 4.79 Å². The first kappa shape index (κ1) is 12.7. The maximum Gasteiger partial charge on any atom is 0.250 e. The summed E-state index contributed by atoms with van der Waals surface area (Å²) in [5.41, 5.74) is 12.9. The highest BCUT2D eigenvalue weighted by atomic mass is 16.1. The lowest BCUT2D eigenvalue weighted by molar-refractivity contribution is 0.100. The zero-order valence-electron chi connectivity index (χ0n) is 10.9. The number of anilines is 2. The van der Waals surface area contributed by atoms with Gasteiger partial charge in [-0.2, -0.15) is 0 Å². The number of nitrogen functional groups attached to an aromatic ring is 1. The van der Waals surface area contributed by atoms with E-state index in [0.29, 0.717) is 17.3 Å². The fourth-order valence-corrected chi connectivity index (χ4v) is 2.24. The third-order valence-electron chi connectivity index (χ3n) is 3.63. The zero-order valence-corrected chi connectivity index (χ0v) is 10.9. The van der Waals surface area contributed by atoms with E-state index in [9.17, 15) is 4.79 Å². The summed E-state index contributed by atoms with van der Waals surface area (Å²) in [7, 11) is 2.12. The molecule has 5 nitrogen and oxygen atoms in total. The lowest BCUT2D eigenvalue weighted by Gasteiger charge is -2.39. The Balaban J connectivity index is 2.24. The van der Waals surface area contributed by atoms with Gasteiger partial charge in [-0.25, -0.2) is 0 Å². The predicted octanol–water partition coefficient (Wildman–Crippen LogP) is 0.508. The molecular formula is C13H20N4O. The minimum atomic E-state index is -0.475. The standard InChI is InChI=1S/C13H20N4O/c1-9-8-17(6-5-16(9)2)10-3-4-12(14)11(7-10)13(15)18/h3-4,7,9H,5-6,8,14H2,1-2H3,(H2,15,18). The van der Waals surface area contributed by atoms with Gasteiger partial charge < -0.3 is 21.3 Å². The molecule has 18 heavy (non-hydrogen) atoms. The smallest absolute Gasteiger partial charge is 0.250 e. The van der Waals surface area contributed by atoms with Crippen LogP contribution in [0.5, 0.6) is 0 Å². The first-order valence-electron chi connectivity index (χ1n) is 6.13. The third kappa shape index (κ3) is 2.41. The van der Waals surface area contributed by atoms with E-state index in [1.54, 1.807) is 12.1 Å². The van der Waals surface area contributed by atoms with E-state index in [4.69, 9.17) is 11.5 Å². The van der Waals surface area contributed by atoms with Gasteiger partial charge in [0.1, 0.15) is 0 Å². The number of hydrogen-bond acceptors (Lipinski definition) is 4.